The van der Waals surface area contributed by atoms with E-state index in [1.54, 1.807) is 36.3 Å². The number of ether oxygens (including phenoxy) is 1. The third-order valence-corrected chi connectivity index (χ3v) is 4.56. The van der Waals surface area contributed by atoms with Crippen LogP contribution >= 0.6 is 0 Å². The Morgan fingerprint density at radius 2 is 1.85 bits per heavy atom. The number of amides is 1. The first kappa shape index (κ1) is 18.7. The lowest BCUT2D eigenvalue weighted by Crippen LogP contribution is -2.33. The highest BCUT2D eigenvalue weighted by Gasteiger charge is 2.17. The Balaban J connectivity index is 1.90. The summed E-state index contributed by atoms with van der Waals surface area (Å²) in [6.07, 6.45) is 0.812. The molecule has 0 atom stereocenters. The van der Waals surface area contributed by atoms with Gasteiger partial charge in [0.1, 0.15) is 5.75 Å². The van der Waals surface area contributed by atoms with E-state index in [1.807, 2.05) is 38.1 Å². The Bertz CT molecular complexity index is 1010. The number of aromatic amines is 1. The molecule has 140 valence electrons. The van der Waals surface area contributed by atoms with Crippen LogP contribution in [0.4, 0.5) is 0 Å². The molecule has 0 saturated heterocycles. The smallest absolute Gasteiger partial charge is 0.254 e. The number of benzene rings is 2. The summed E-state index contributed by atoms with van der Waals surface area (Å²) in [5, 5.41) is 0.962. The molecule has 5 heteroatoms. The van der Waals surface area contributed by atoms with E-state index in [9.17, 15) is 9.59 Å². The summed E-state index contributed by atoms with van der Waals surface area (Å²) >= 11 is 0. The zero-order valence-electron chi connectivity index (χ0n) is 15.9. The predicted octanol–water partition coefficient (Wildman–Crippen LogP) is 3.90. The molecule has 0 spiro atoms. The van der Waals surface area contributed by atoms with Crippen molar-refractivity contribution in [3.63, 3.8) is 0 Å². The van der Waals surface area contributed by atoms with Crippen molar-refractivity contribution in [3.05, 3.63) is 75.6 Å². The van der Waals surface area contributed by atoms with E-state index in [0.717, 1.165) is 22.9 Å². The zero-order chi connectivity index (χ0) is 19.4. The number of aromatic nitrogens is 1. The van der Waals surface area contributed by atoms with Crippen LogP contribution in [0.1, 0.15) is 34.8 Å². The highest BCUT2D eigenvalue weighted by Crippen LogP contribution is 2.17. The fraction of sp³-hybridized carbons (Fsp3) is 0.273. The molecule has 0 aliphatic rings. The molecule has 0 fully saturated rings. The summed E-state index contributed by atoms with van der Waals surface area (Å²) < 4.78 is 5.15. The van der Waals surface area contributed by atoms with Gasteiger partial charge in [-0.25, -0.2) is 0 Å². The third-order valence-electron chi connectivity index (χ3n) is 4.56. The first-order chi connectivity index (χ1) is 13.0. The number of nitrogens with zero attached hydrogens (tertiary/aromatic N) is 1. The monoisotopic (exact) mass is 364 g/mol. The molecule has 1 N–H and O–H groups in total. The Labute approximate surface area is 158 Å². The largest absolute Gasteiger partial charge is 0.497 e. The van der Waals surface area contributed by atoms with Gasteiger partial charge >= 0.3 is 0 Å². The Kier molecular flexibility index (Phi) is 5.60. The van der Waals surface area contributed by atoms with Crippen molar-refractivity contribution in [1.29, 1.82) is 0 Å². The van der Waals surface area contributed by atoms with E-state index in [2.05, 4.69) is 4.98 Å². The standard InChI is InChI=1S/C22H24N2O3/c1-4-11-24(22(26)16-7-9-19(27-3)10-8-16)14-18-13-17-6-5-15(2)12-20(17)23-21(18)25/h5-10,12-13H,4,11,14H2,1-3H3,(H,23,25). The van der Waals surface area contributed by atoms with Crippen LogP contribution in [0.25, 0.3) is 10.9 Å². The second kappa shape index (κ2) is 8.08. The number of hydrogen-bond donors (Lipinski definition) is 1. The molecule has 1 aromatic heterocycles. The number of nitrogens with one attached hydrogen (secondary N) is 1. The molecule has 3 rings (SSSR count). The number of fused-ring (bicyclic) bond motifs is 1. The molecule has 27 heavy (non-hydrogen) atoms. The van der Waals surface area contributed by atoms with E-state index in [-0.39, 0.29) is 18.0 Å². The van der Waals surface area contributed by atoms with Crippen molar-refractivity contribution in [2.45, 2.75) is 26.8 Å². The highest BCUT2D eigenvalue weighted by atomic mass is 16.5. The lowest BCUT2D eigenvalue weighted by atomic mass is 10.1. The van der Waals surface area contributed by atoms with Gasteiger partial charge in [-0.3, -0.25) is 9.59 Å². The van der Waals surface area contributed by atoms with E-state index in [1.165, 1.54) is 0 Å². The van der Waals surface area contributed by atoms with Gasteiger partial charge in [-0.15, -0.1) is 0 Å². The van der Waals surface area contributed by atoms with E-state index in [0.29, 0.717) is 23.4 Å². The van der Waals surface area contributed by atoms with Crippen LogP contribution in [0.5, 0.6) is 5.75 Å². The minimum atomic E-state index is -0.156. The minimum absolute atomic E-state index is 0.0945. The van der Waals surface area contributed by atoms with Crippen molar-refractivity contribution < 1.29 is 9.53 Å². The average molecular weight is 364 g/mol. The van der Waals surface area contributed by atoms with Crippen molar-refractivity contribution in [1.82, 2.24) is 9.88 Å². The molecule has 0 unspecified atom stereocenters. The van der Waals surface area contributed by atoms with Crippen molar-refractivity contribution in [3.8, 4) is 5.75 Å². The predicted molar refractivity (Wildman–Crippen MR) is 107 cm³/mol. The molecule has 3 aromatic rings. The van der Waals surface area contributed by atoms with Gasteiger partial charge in [-0.2, -0.15) is 0 Å². The Morgan fingerprint density at radius 3 is 2.52 bits per heavy atom. The second-order valence-corrected chi connectivity index (χ2v) is 6.67. The van der Waals surface area contributed by atoms with Gasteiger partial charge in [-0.1, -0.05) is 19.1 Å². The van der Waals surface area contributed by atoms with Crippen LogP contribution < -0.4 is 10.3 Å². The van der Waals surface area contributed by atoms with Gasteiger partial charge in [0.15, 0.2) is 0 Å². The highest BCUT2D eigenvalue weighted by molar-refractivity contribution is 5.94. The molecule has 0 aliphatic heterocycles. The minimum Gasteiger partial charge on any atom is -0.497 e. The van der Waals surface area contributed by atoms with Crippen molar-refractivity contribution in [2.24, 2.45) is 0 Å². The van der Waals surface area contributed by atoms with Gasteiger partial charge in [0.25, 0.3) is 11.5 Å². The van der Waals surface area contributed by atoms with Crippen LogP contribution in [0, 0.1) is 6.92 Å². The van der Waals surface area contributed by atoms with E-state index in [4.69, 9.17) is 4.74 Å². The molecular weight excluding hydrogens is 340 g/mol. The summed E-state index contributed by atoms with van der Waals surface area (Å²) in [7, 11) is 1.59. The number of methoxy groups -OCH3 is 1. The molecule has 1 heterocycles. The normalized spacial score (nSPS) is 10.8. The quantitative estimate of drug-likeness (QED) is 0.722. The average Bonchev–Trinajstić information content (AvgIpc) is 2.67. The van der Waals surface area contributed by atoms with Crippen LogP contribution in [0.3, 0.4) is 0 Å². The van der Waals surface area contributed by atoms with Gasteiger partial charge < -0.3 is 14.6 Å². The van der Waals surface area contributed by atoms with Gasteiger partial charge in [0.05, 0.1) is 13.7 Å². The summed E-state index contributed by atoms with van der Waals surface area (Å²) in [5.74, 6) is 0.609. The molecule has 0 aliphatic carbocycles. The third kappa shape index (κ3) is 4.19. The summed E-state index contributed by atoms with van der Waals surface area (Å²) in [4.78, 5) is 30.1. The Hall–Kier alpha value is -3.08. The number of H-pyrrole nitrogens is 1. The number of carbonyl (C=O) groups excluding carboxylic acids is 1. The first-order valence-corrected chi connectivity index (χ1v) is 9.07. The summed E-state index contributed by atoms with van der Waals surface area (Å²) in [5.41, 5.74) is 2.91. The molecule has 0 saturated carbocycles. The lowest BCUT2D eigenvalue weighted by Gasteiger charge is -2.22. The molecular formula is C22H24N2O3. The van der Waals surface area contributed by atoms with Crippen LogP contribution in [-0.2, 0) is 6.54 Å². The first-order valence-electron chi connectivity index (χ1n) is 9.07. The van der Waals surface area contributed by atoms with Crippen molar-refractivity contribution >= 4 is 16.8 Å². The Morgan fingerprint density at radius 1 is 1.11 bits per heavy atom. The maximum Gasteiger partial charge on any atom is 0.254 e. The molecule has 2 aromatic carbocycles. The topological polar surface area (TPSA) is 62.4 Å². The van der Waals surface area contributed by atoms with Gasteiger partial charge in [0, 0.05) is 23.2 Å². The summed E-state index contributed by atoms with van der Waals surface area (Å²) in [6.45, 7) is 4.86. The molecule has 0 bridgehead atoms. The van der Waals surface area contributed by atoms with Gasteiger partial charge in [-0.05, 0) is 60.7 Å². The van der Waals surface area contributed by atoms with Crippen LogP contribution in [0.2, 0.25) is 0 Å². The summed E-state index contributed by atoms with van der Waals surface area (Å²) in [6, 6.07) is 14.8. The maximum absolute atomic E-state index is 12.9. The zero-order valence-corrected chi connectivity index (χ0v) is 15.9. The van der Waals surface area contributed by atoms with E-state index < -0.39 is 0 Å². The van der Waals surface area contributed by atoms with Crippen LogP contribution in [-0.4, -0.2) is 29.4 Å². The number of rotatable bonds is 6. The molecule has 0 radical (unpaired) electrons. The number of carbonyl (C=O) groups is 1. The fourth-order valence-electron chi connectivity index (χ4n) is 3.12. The SMILES string of the molecule is CCCN(Cc1cc2ccc(C)cc2[nH]c1=O)C(=O)c1ccc(OC)cc1. The van der Waals surface area contributed by atoms with Crippen molar-refractivity contribution in [2.75, 3.05) is 13.7 Å². The number of aryl methyl sites for hydroxylation is 1. The fourth-order valence-corrected chi connectivity index (χ4v) is 3.12. The van der Waals surface area contributed by atoms with Gasteiger partial charge in [0.2, 0.25) is 0 Å². The maximum atomic E-state index is 12.9. The lowest BCUT2D eigenvalue weighted by molar-refractivity contribution is 0.0742. The molecule has 5 nitrogen and oxygen atoms in total. The number of hydrogen-bond acceptors (Lipinski definition) is 3. The number of pyridine rings is 1. The van der Waals surface area contributed by atoms with E-state index >= 15 is 0 Å². The second-order valence-electron chi connectivity index (χ2n) is 6.67. The molecule has 1 amide bonds. The van der Waals surface area contributed by atoms with Crippen LogP contribution in [0.15, 0.2) is 53.3 Å².